The van der Waals surface area contributed by atoms with Crippen LogP contribution in [0.25, 0.3) is 0 Å². The number of anilines is 1. The number of hydrogen-bond donors (Lipinski definition) is 2. The molecular formula is C14H22N2O2. The number of rotatable bonds is 5. The first kappa shape index (κ1) is 14.5. The molecule has 0 heterocycles. The summed E-state index contributed by atoms with van der Waals surface area (Å²) in [6.07, 6.45) is 1.09. The SMILES string of the molecule is COc1ccc(NC(=O)CCC(C)(C)N)c(C)c1. The number of nitrogens with one attached hydrogen (secondary N) is 1. The average Bonchev–Trinajstić information content (AvgIpc) is 2.28. The van der Waals surface area contributed by atoms with Crippen LogP contribution in [0.5, 0.6) is 5.75 Å². The number of benzene rings is 1. The lowest BCUT2D eigenvalue weighted by atomic mass is 10.00. The predicted octanol–water partition coefficient (Wildman–Crippen LogP) is 2.46. The second kappa shape index (κ2) is 5.87. The molecule has 4 nitrogen and oxygen atoms in total. The smallest absolute Gasteiger partial charge is 0.224 e. The molecule has 0 saturated carbocycles. The Kier molecular flexibility index (Phi) is 4.73. The second-order valence-corrected chi connectivity index (χ2v) is 5.22. The quantitative estimate of drug-likeness (QED) is 0.843. The highest BCUT2D eigenvalue weighted by atomic mass is 16.5. The summed E-state index contributed by atoms with van der Waals surface area (Å²) in [5.41, 5.74) is 7.33. The number of amides is 1. The fourth-order valence-electron chi connectivity index (χ4n) is 1.55. The molecule has 1 amide bonds. The van der Waals surface area contributed by atoms with Gasteiger partial charge in [0.1, 0.15) is 5.75 Å². The Bertz CT molecular complexity index is 422. The fourth-order valence-corrected chi connectivity index (χ4v) is 1.55. The third-order valence-electron chi connectivity index (χ3n) is 2.70. The minimum absolute atomic E-state index is 0.0122. The van der Waals surface area contributed by atoms with Crippen molar-refractivity contribution in [1.29, 1.82) is 0 Å². The van der Waals surface area contributed by atoms with Crippen LogP contribution >= 0.6 is 0 Å². The van der Waals surface area contributed by atoms with Crippen molar-refractivity contribution >= 4 is 11.6 Å². The zero-order chi connectivity index (χ0) is 13.8. The zero-order valence-corrected chi connectivity index (χ0v) is 11.5. The Balaban J connectivity index is 2.59. The van der Waals surface area contributed by atoms with Crippen molar-refractivity contribution < 1.29 is 9.53 Å². The van der Waals surface area contributed by atoms with Gasteiger partial charge >= 0.3 is 0 Å². The molecule has 0 spiro atoms. The topological polar surface area (TPSA) is 64.3 Å². The van der Waals surface area contributed by atoms with Crippen molar-refractivity contribution in [3.63, 3.8) is 0 Å². The maximum atomic E-state index is 11.8. The largest absolute Gasteiger partial charge is 0.497 e. The Morgan fingerprint density at radius 2 is 2.11 bits per heavy atom. The molecule has 4 heteroatoms. The van der Waals surface area contributed by atoms with Crippen molar-refractivity contribution in [2.24, 2.45) is 5.73 Å². The highest BCUT2D eigenvalue weighted by Gasteiger charge is 2.13. The molecule has 0 aliphatic heterocycles. The molecule has 0 fully saturated rings. The number of carbonyl (C=O) groups is 1. The average molecular weight is 250 g/mol. The highest BCUT2D eigenvalue weighted by Crippen LogP contribution is 2.21. The highest BCUT2D eigenvalue weighted by molar-refractivity contribution is 5.91. The van der Waals surface area contributed by atoms with Crippen molar-refractivity contribution in [1.82, 2.24) is 0 Å². The minimum atomic E-state index is -0.313. The molecule has 0 atom stereocenters. The summed E-state index contributed by atoms with van der Waals surface area (Å²) >= 11 is 0. The molecular weight excluding hydrogens is 228 g/mol. The monoisotopic (exact) mass is 250 g/mol. The molecule has 0 aliphatic carbocycles. The molecule has 1 rings (SSSR count). The summed E-state index contributed by atoms with van der Waals surface area (Å²) in [6.45, 7) is 5.77. The molecule has 0 radical (unpaired) electrons. The van der Waals surface area contributed by atoms with Gasteiger partial charge < -0.3 is 15.8 Å². The summed E-state index contributed by atoms with van der Waals surface area (Å²) in [7, 11) is 1.62. The molecule has 1 aromatic rings. The van der Waals surface area contributed by atoms with Gasteiger partial charge in [-0.2, -0.15) is 0 Å². The van der Waals surface area contributed by atoms with Crippen LogP contribution in [-0.2, 0) is 4.79 Å². The van der Waals surface area contributed by atoms with E-state index in [-0.39, 0.29) is 11.4 Å². The van der Waals surface area contributed by atoms with Crippen LogP contribution in [0.15, 0.2) is 18.2 Å². The van der Waals surface area contributed by atoms with E-state index in [2.05, 4.69) is 5.32 Å². The number of ether oxygens (including phenoxy) is 1. The first-order chi connectivity index (χ1) is 8.31. The van der Waals surface area contributed by atoms with Crippen LogP contribution in [0.4, 0.5) is 5.69 Å². The van der Waals surface area contributed by atoms with E-state index in [1.54, 1.807) is 7.11 Å². The van der Waals surface area contributed by atoms with E-state index in [9.17, 15) is 4.79 Å². The second-order valence-electron chi connectivity index (χ2n) is 5.22. The standard InChI is InChI=1S/C14H22N2O2/c1-10-9-11(18-4)5-6-12(10)16-13(17)7-8-14(2,3)15/h5-6,9H,7-8,15H2,1-4H3,(H,16,17). The zero-order valence-electron chi connectivity index (χ0n) is 11.5. The van der Waals surface area contributed by atoms with Gasteiger partial charge in [-0.1, -0.05) is 0 Å². The summed E-state index contributed by atoms with van der Waals surface area (Å²) in [5.74, 6) is 0.774. The van der Waals surface area contributed by atoms with Gasteiger partial charge in [0.05, 0.1) is 7.11 Å². The number of nitrogens with two attached hydrogens (primary N) is 1. The molecule has 0 saturated heterocycles. The Hall–Kier alpha value is -1.55. The van der Waals surface area contributed by atoms with Gasteiger partial charge in [0, 0.05) is 17.6 Å². The molecule has 0 bridgehead atoms. The van der Waals surface area contributed by atoms with Crippen LogP contribution in [0.3, 0.4) is 0 Å². The van der Waals surface area contributed by atoms with E-state index < -0.39 is 0 Å². The first-order valence-corrected chi connectivity index (χ1v) is 6.05. The summed E-state index contributed by atoms with van der Waals surface area (Å²) in [5, 5.41) is 2.88. The van der Waals surface area contributed by atoms with E-state index in [1.807, 2.05) is 39.0 Å². The Morgan fingerprint density at radius 3 is 2.61 bits per heavy atom. The lowest BCUT2D eigenvalue weighted by Gasteiger charge is -2.18. The third kappa shape index (κ3) is 4.75. The minimum Gasteiger partial charge on any atom is -0.497 e. The number of aryl methyl sites for hydroxylation is 1. The van der Waals surface area contributed by atoms with Crippen LogP contribution in [-0.4, -0.2) is 18.6 Å². The normalized spacial score (nSPS) is 11.2. The lowest BCUT2D eigenvalue weighted by Crippen LogP contribution is -2.33. The van der Waals surface area contributed by atoms with Crippen LogP contribution < -0.4 is 15.8 Å². The van der Waals surface area contributed by atoms with E-state index in [4.69, 9.17) is 10.5 Å². The number of hydrogen-bond acceptors (Lipinski definition) is 3. The number of methoxy groups -OCH3 is 1. The Labute approximate surface area is 109 Å². The van der Waals surface area contributed by atoms with Crippen LogP contribution in [0, 0.1) is 6.92 Å². The molecule has 1 aromatic carbocycles. The van der Waals surface area contributed by atoms with Gasteiger partial charge in [-0.15, -0.1) is 0 Å². The van der Waals surface area contributed by atoms with E-state index in [0.717, 1.165) is 17.0 Å². The van der Waals surface area contributed by atoms with E-state index in [0.29, 0.717) is 12.8 Å². The van der Waals surface area contributed by atoms with Crippen LogP contribution in [0.1, 0.15) is 32.3 Å². The van der Waals surface area contributed by atoms with Gasteiger partial charge in [0.15, 0.2) is 0 Å². The van der Waals surface area contributed by atoms with E-state index >= 15 is 0 Å². The fraction of sp³-hybridized carbons (Fsp3) is 0.500. The molecule has 100 valence electrons. The maximum Gasteiger partial charge on any atom is 0.224 e. The van der Waals surface area contributed by atoms with Gasteiger partial charge in [-0.25, -0.2) is 0 Å². The van der Waals surface area contributed by atoms with Crippen molar-refractivity contribution in [3.05, 3.63) is 23.8 Å². The van der Waals surface area contributed by atoms with E-state index in [1.165, 1.54) is 0 Å². The Morgan fingerprint density at radius 1 is 1.44 bits per heavy atom. The molecule has 3 N–H and O–H groups in total. The van der Waals surface area contributed by atoms with Crippen molar-refractivity contribution in [2.45, 2.75) is 39.2 Å². The lowest BCUT2D eigenvalue weighted by molar-refractivity contribution is -0.116. The van der Waals surface area contributed by atoms with Gasteiger partial charge in [0.2, 0.25) is 5.91 Å². The maximum absolute atomic E-state index is 11.8. The molecule has 0 unspecified atom stereocenters. The third-order valence-corrected chi connectivity index (χ3v) is 2.70. The number of carbonyl (C=O) groups excluding carboxylic acids is 1. The van der Waals surface area contributed by atoms with Gasteiger partial charge in [-0.3, -0.25) is 4.79 Å². The first-order valence-electron chi connectivity index (χ1n) is 6.05. The summed E-state index contributed by atoms with van der Waals surface area (Å²) < 4.78 is 5.12. The summed E-state index contributed by atoms with van der Waals surface area (Å²) in [4.78, 5) is 11.8. The van der Waals surface area contributed by atoms with Gasteiger partial charge in [-0.05, 0) is 51.0 Å². The van der Waals surface area contributed by atoms with Gasteiger partial charge in [0.25, 0.3) is 0 Å². The van der Waals surface area contributed by atoms with Crippen molar-refractivity contribution in [2.75, 3.05) is 12.4 Å². The molecule has 0 aromatic heterocycles. The van der Waals surface area contributed by atoms with Crippen molar-refractivity contribution in [3.8, 4) is 5.75 Å². The van der Waals surface area contributed by atoms with Crippen LogP contribution in [0.2, 0.25) is 0 Å². The molecule has 0 aliphatic rings. The summed E-state index contributed by atoms with van der Waals surface area (Å²) in [6, 6.07) is 5.57. The predicted molar refractivity (Wildman–Crippen MR) is 73.9 cm³/mol. The molecule has 18 heavy (non-hydrogen) atoms.